The summed E-state index contributed by atoms with van der Waals surface area (Å²) in [5.74, 6) is 0.00254. The molecule has 1 amide bonds. The Morgan fingerprint density at radius 2 is 2.14 bits per heavy atom. The van der Waals surface area contributed by atoms with Crippen molar-refractivity contribution >= 4 is 16.9 Å². The van der Waals surface area contributed by atoms with Crippen LogP contribution < -0.4 is 5.32 Å². The van der Waals surface area contributed by atoms with Crippen molar-refractivity contribution in [1.82, 2.24) is 5.32 Å². The Morgan fingerprint density at radius 3 is 2.90 bits per heavy atom. The molecule has 0 fully saturated rings. The van der Waals surface area contributed by atoms with E-state index in [1.165, 1.54) is 17.5 Å². The lowest BCUT2D eigenvalue weighted by molar-refractivity contribution is -0.121. The maximum Gasteiger partial charge on any atom is 0.224 e. The third kappa shape index (κ3) is 2.95. The number of furan rings is 1. The number of amides is 1. The van der Waals surface area contributed by atoms with Crippen molar-refractivity contribution in [3.8, 4) is 0 Å². The maximum absolute atomic E-state index is 12.1. The van der Waals surface area contributed by atoms with Gasteiger partial charge in [0.1, 0.15) is 5.58 Å². The Kier molecular flexibility index (Phi) is 3.97. The average Bonchev–Trinajstić information content (AvgIpc) is 3.03. The first-order valence-corrected chi connectivity index (χ1v) is 7.47. The number of benzene rings is 1. The monoisotopic (exact) mass is 287 g/mol. The van der Waals surface area contributed by atoms with Gasteiger partial charge < -0.3 is 14.5 Å². The summed E-state index contributed by atoms with van der Waals surface area (Å²) >= 11 is 0. The van der Waals surface area contributed by atoms with Crippen molar-refractivity contribution in [3.63, 3.8) is 0 Å². The molecule has 1 unspecified atom stereocenters. The van der Waals surface area contributed by atoms with Crippen LogP contribution in [0.3, 0.4) is 0 Å². The van der Waals surface area contributed by atoms with Gasteiger partial charge in [-0.05, 0) is 49.4 Å². The van der Waals surface area contributed by atoms with Gasteiger partial charge in [0.2, 0.25) is 5.91 Å². The Hall–Kier alpha value is -1.81. The largest absolute Gasteiger partial charge is 0.464 e. The van der Waals surface area contributed by atoms with Gasteiger partial charge in [0.05, 0.1) is 19.3 Å². The molecular formula is C17H21NO3. The third-order valence-electron chi connectivity index (χ3n) is 4.04. The molecule has 3 rings (SSSR count). The molecule has 0 saturated carbocycles. The summed E-state index contributed by atoms with van der Waals surface area (Å²) in [5.41, 5.74) is 4.64. The van der Waals surface area contributed by atoms with Gasteiger partial charge in [-0.25, -0.2) is 0 Å². The van der Waals surface area contributed by atoms with E-state index in [1.807, 2.05) is 6.92 Å². The molecule has 1 aromatic carbocycles. The molecule has 0 saturated heterocycles. The smallest absolute Gasteiger partial charge is 0.224 e. The number of fused-ring (bicyclic) bond motifs is 2. The zero-order valence-electron chi connectivity index (χ0n) is 12.6. The second-order valence-electron chi connectivity index (χ2n) is 5.83. The number of hydrogen-bond acceptors (Lipinski definition) is 3. The molecule has 1 N–H and O–H groups in total. The Labute approximate surface area is 124 Å². The first kappa shape index (κ1) is 14.1. The van der Waals surface area contributed by atoms with E-state index in [0.717, 1.165) is 29.4 Å². The van der Waals surface area contributed by atoms with Gasteiger partial charge in [-0.15, -0.1) is 0 Å². The summed E-state index contributed by atoms with van der Waals surface area (Å²) in [5, 5.41) is 4.00. The summed E-state index contributed by atoms with van der Waals surface area (Å²) in [4.78, 5) is 12.1. The molecule has 2 aromatic rings. The average molecular weight is 287 g/mol. The quantitative estimate of drug-likeness (QED) is 0.919. The molecule has 1 atom stereocenters. The van der Waals surface area contributed by atoms with Crippen molar-refractivity contribution in [2.24, 2.45) is 0 Å². The van der Waals surface area contributed by atoms with E-state index < -0.39 is 0 Å². The van der Waals surface area contributed by atoms with Gasteiger partial charge in [0.15, 0.2) is 0 Å². The van der Waals surface area contributed by atoms with Crippen LogP contribution >= 0.6 is 0 Å². The molecule has 1 aliphatic carbocycles. The van der Waals surface area contributed by atoms with Crippen LogP contribution in [0, 0.1) is 0 Å². The molecule has 112 valence electrons. The number of carbonyl (C=O) groups is 1. The predicted octanol–water partition coefficient (Wildman–Crippen LogP) is 2.62. The topological polar surface area (TPSA) is 51.5 Å². The summed E-state index contributed by atoms with van der Waals surface area (Å²) in [7, 11) is 1.63. The van der Waals surface area contributed by atoms with Gasteiger partial charge in [0, 0.05) is 24.1 Å². The molecule has 0 radical (unpaired) electrons. The van der Waals surface area contributed by atoms with E-state index in [0.29, 0.717) is 13.0 Å². The fourth-order valence-electron chi connectivity index (χ4n) is 3.08. The van der Waals surface area contributed by atoms with E-state index in [4.69, 9.17) is 9.15 Å². The fraction of sp³-hybridized carbons (Fsp3) is 0.471. The van der Waals surface area contributed by atoms with Crippen LogP contribution in [0.5, 0.6) is 0 Å². The molecule has 0 aliphatic heterocycles. The van der Waals surface area contributed by atoms with Crippen molar-refractivity contribution in [1.29, 1.82) is 0 Å². The van der Waals surface area contributed by atoms with Gasteiger partial charge in [-0.1, -0.05) is 0 Å². The number of ether oxygens (including phenoxy) is 1. The number of hydrogen-bond donors (Lipinski definition) is 1. The van der Waals surface area contributed by atoms with Crippen molar-refractivity contribution in [2.75, 3.05) is 13.7 Å². The van der Waals surface area contributed by atoms with Gasteiger partial charge in [-0.3, -0.25) is 4.79 Å². The zero-order chi connectivity index (χ0) is 14.8. The fourth-order valence-corrected chi connectivity index (χ4v) is 3.08. The van der Waals surface area contributed by atoms with Crippen LogP contribution in [0.25, 0.3) is 11.0 Å². The molecule has 1 aliphatic rings. The minimum Gasteiger partial charge on any atom is -0.464 e. The molecule has 1 heterocycles. The summed E-state index contributed by atoms with van der Waals surface area (Å²) in [6, 6.07) is 4.35. The molecule has 1 aromatic heterocycles. The first-order chi connectivity index (χ1) is 10.2. The highest BCUT2D eigenvalue weighted by Crippen LogP contribution is 2.30. The molecular weight excluding hydrogens is 266 g/mol. The van der Waals surface area contributed by atoms with Crippen molar-refractivity contribution in [3.05, 3.63) is 35.1 Å². The predicted molar refractivity (Wildman–Crippen MR) is 81.4 cm³/mol. The number of nitrogens with one attached hydrogen (secondary N) is 1. The van der Waals surface area contributed by atoms with Crippen molar-refractivity contribution in [2.45, 2.75) is 38.6 Å². The summed E-state index contributed by atoms with van der Waals surface area (Å²) in [6.45, 7) is 2.45. The SMILES string of the molecule is COCC(C)NC(=O)Cc1coc2cc3c(cc12)CCC3. The molecule has 4 nitrogen and oxygen atoms in total. The minimum absolute atomic E-state index is 0.00254. The highest BCUT2D eigenvalue weighted by molar-refractivity contribution is 5.88. The van der Waals surface area contributed by atoms with Crippen LogP contribution in [0.2, 0.25) is 0 Å². The van der Waals surface area contributed by atoms with Gasteiger partial charge in [0.25, 0.3) is 0 Å². The Bertz CT molecular complexity index is 659. The highest BCUT2D eigenvalue weighted by atomic mass is 16.5. The first-order valence-electron chi connectivity index (χ1n) is 7.47. The number of carbonyl (C=O) groups excluding carboxylic acids is 1. The molecule has 0 bridgehead atoms. The van der Waals surface area contributed by atoms with E-state index >= 15 is 0 Å². The van der Waals surface area contributed by atoms with Gasteiger partial charge in [-0.2, -0.15) is 0 Å². The lowest BCUT2D eigenvalue weighted by Crippen LogP contribution is -2.36. The highest BCUT2D eigenvalue weighted by Gasteiger charge is 2.17. The van der Waals surface area contributed by atoms with Crippen LogP contribution in [-0.2, 0) is 28.8 Å². The van der Waals surface area contributed by atoms with E-state index in [-0.39, 0.29) is 11.9 Å². The zero-order valence-corrected chi connectivity index (χ0v) is 12.6. The van der Waals surface area contributed by atoms with Crippen LogP contribution in [0.1, 0.15) is 30.0 Å². The number of rotatable bonds is 5. The summed E-state index contributed by atoms with van der Waals surface area (Å²) in [6.07, 6.45) is 5.54. The van der Waals surface area contributed by atoms with E-state index in [2.05, 4.69) is 17.4 Å². The van der Waals surface area contributed by atoms with Gasteiger partial charge >= 0.3 is 0 Å². The molecule has 0 spiro atoms. The Morgan fingerprint density at radius 1 is 1.38 bits per heavy atom. The summed E-state index contributed by atoms with van der Waals surface area (Å²) < 4.78 is 10.7. The van der Waals surface area contributed by atoms with Crippen LogP contribution in [-0.4, -0.2) is 25.7 Å². The van der Waals surface area contributed by atoms with Crippen LogP contribution in [0.15, 0.2) is 22.8 Å². The number of methoxy groups -OCH3 is 1. The van der Waals surface area contributed by atoms with Crippen molar-refractivity contribution < 1.29 is 13.9 Å². The second-order valence-corrected chi connectivity index (χ2v) is 5.83. The minimum atomic E-state index is 0.00254. The normalized spacial score (nSPS) is 15.1. The van der Waals surface area contributed by atoms with E-state index in [1.54, 1.807) is 13.4 Å². The lowest BCUT2D eigenvalue weighted by atomic mass is 10.0. The molecule has 4 heteroatoms. The van der Waals surface area contributed by atoms with E-state index in [9.17, 15) is 4.79 Å². The standard InChI is InChI=1S/C17H21NO3/c1-11(9-20-2)18-17(19)8-14-10-21-16-7-13-5-3-4-12(13)6-15(14)16/h6-7,10-11H,3-5,8-9H2,1-2H3,(H,18,19). The molecule has 21 heavy (non-hydrogen) atoms. The number of aryl methyl sites for hydroxylation is 2. The second kappa shape index (κ2) is 5.90. The Balaban J connectivity index is 1.77. The third-order valence-corrected chi connectivity index (χ3v) is 4.04. The van der Waals surface area contributed by atoms with Crippen LogP contribution in [0.4, 0.5) is 0 Å². The maximum atomic E-state index is 12.1. The lowest BCUT2D eigenvalue weighted by Gasteiger charge is -2.12.